The summed E-state index contributed by atoms with van der Waals surface area (Å²) in [7, 11) is 1.94. The molecule has 3 rings (SSSR count). The molecule has 1 fully saturated rings. The monoisotopic (exact) mass is 388 g/mol. The highest BCUT2D eigenvalue weighted by Crippen LogP contribution is 2.26. The first-order valence-corrected chi connectivity index (χ1v) is 7.81. The van der Waals surface area contributed by atoms with Crippen LogP contribution in [0.2, 0.25) is 0 Å². The highest BCUT2D eigenvalue weighted by Gasteiger charge is 2.25. The van der Waals surface area contributed by atoms with E-state index in [9.17, 15) is 4.39 Å². The number of halogens is 3. The minimum Gasteiger partial charge on any atom is -0.314 e. The average Bonchev–Trinajstić information content (AvgIpc) is 2.80. The zero-order chi connectivity index (χ0) is 14.8. The molecule has 1 aromatic carbocycles. The molecule has 2 aromatic rings. The maximum atomic E-state index is 13.5. The second-order valence-corrected chi connectivity index (χ2v) is 6.16. The van der Waals surface area contributed by atoms with Gasteiger partial charge in [-0.25, -0.2) is 4.39 Å². The van der Waals surface area contributed by atoms with Crippen molar-refractivity contribution in [1.29, 1.82) is 0 Å². The van der Waals surface area contributed by atoms with Crippen molar-refractivity contribution in [2.24, 2.45) is 7.05 Å². The van der Waals surface area contributed by atoms with E-state index in [1.54, 1.807) is 12.1 Å². The fraction of sp³-hybridized carbons (Fsp3) is 0.400. The van der Waals surface area contributed by atoms with Crippen molar-refractivity contribution in [3.8, 4) is 0 Å². The van der Waals surface area contributed by atoms with E-state index in [-0.39, 0.29) is 24.3 Å². The predicted octanol–water partition coefficient (Wildman–Crippen LogP) is 2.89. The number of nitrogens with one attached hydrogen (secondary N) is 1. The van der Waals surface area contributed by atoms with E-state index in [0.717, 1.165) is 41.9 Å². The molecular formula is C15H19BrClFN4. The van der Waals surface area contributed by atoms with Crippen molar-refractivity contribution in [3.05, 3.63) is 52.0 Å². The average molecular weight is 390 g/mol. The van der Waals surface area contributed by atoms with E-state index in [2.05, 4.69) is 31.2 Å². The molecule has 1 saturated heterocycles. The Balaban J connectivity index is 0.00000176. The van der Waals surface area contributed by atoms with Crippen LogP contribution in [-0.4, -0.2) is 34.3 Å². The lowest BCUT2D eigenvalue weighted by Crippen LogP contribution is -2.45. The van der Waals surface area contributed by atoms with Crippen molar-refractivity contribution in [3.63, 3.8) is 0 Å². The standard InChI is InChI=1S/C15H18BrFN4.ClH/c1-20-15(13(16)8-19-20)10-21-6-5-18-9-14(21)11-3-2-4-12(17)7-11;/h2-4,7-8,14,18H,5-6,9-10H2,1H3;1H. The van der Waals surface area contributed by atoms with Crippen molar-refractivity contribution >= 4 is 28.3 Å². The largest absolute Gasteiger partial charge is 0.314 e. The topological polar surface area (TPSA) is 33.1 Å². The third-order valence-electron chi connectivity index (χ3n) is 3.95. The van der Waals surface area contributed by atoms with Crippen LogP contribution in [0.3, 0.4) is 0 Å². The van der Waals surface area contributed by atoms with Crippen LogP contribution in [0.4, 0.5) is 4.39 Å². The van der Waals surface area contributed by atoms with Crippen LogP contribution in [0, 0.1) is 5.82 Å². The van der Waals surface area contributed by atoms with E-state index in [1.165, 1.54) is 6.07 Å². The van der Waals surface area contributed by atoms with Crippen LogP contribution < -0.4 is 5.32 Å². The van der Waals surface area contributed by atoms with Gasteiger partial charge in [0.25, 0.3) is 0 Å². The summed E-state index contributed by atoms with van der Waals surface area (Å²) < 4.78 is 16.4. The molecule has 2 heterocycles. The van der Waals surface area contributed by atoms with Gasteiger partial charge in [0.05, 0.1) is 16.4 Å². The van der Waals surface area contributed by atoms with E-state index >= 15 is 0 Å². The molecule has 22 heavy (non-hydrogen) atoms. The van der Waals surface area contributed by atoms with Gasteiger partial charge in [-0.3, -0.25) is 9.58 Å². The SMILES string of the molecule is Cl.Cn1ncc(Br)c1CN1CCNCC1c1cccc(F)c1. The molecule has 0 saturated carbocycles. The molecule has 7 heteroatoms. The Hall–Kier alpha value is -0.950. The molecule has 1 aliphatic heterocycles. The fourth-order valence-electron chi connectivity index (χ4n) is 2.78. The summed E-state index contributed by atoms with van der Waals surface area (Å²) in [5.41, 5.74) is 2.15. The zero-order valence-electron chi connectivity index (χ0n) is 12.3. The molecule has 0 aliphatic carbocycles. The minimum atomic E-state index is -0.181. The highest BCUT2D eigenvalue weighted by molar-refractivity contribution is 9.10. The molecule has 0 spiro atoms. The summed E-state index contributed by atoms with van der Waals surface area (Å²) in [5.74, 6) is -0.181. The van der Waals surface area contributed by atoms with Crippen LogP contribution in [0.1, 0.15) is 17.3 Å². The summed E-state index contributed by atoms with van der Waals surface area (Å²) in [5, 5.41) is 7.65. The summed E-state index contributed by atoms with van der Waals surface area (Å²) in [4.78, 5) is 2.37. The van der Waals surface area contributed by atoms with E-state index < -0.39 is 0 Å². The normalized spacial score (nSPS) is 19.0. The molecular weight excluding hydrogens is 371 g/mol. The fourth-order valence-corrected chi connectivity index (χ4v) is 3.26. The Morgan fingerprint density at radius 1 is 1.45 bits per heavy atom. The molecule has 0 bridgehead atoms. The van der Waals surface area contributed by atoms with Gasteiger partial charge < -0.3 is 5.32 Å². The van der Waals surface area contributed by atoms with Gasteiger partial charge in [0.1, 0.15) is 5.82 Å². The van der Waals surface area contributed by atoms with Gasteiger partial charge in [0.2, 0.25) is 0 Å². The molecule has 1 unspecified atom stereocenters. The van der Waals surface area contributed by atoms with Gasteiger partial charge in [-0.15, -0.1) is 12.4 Å². The van der Waals surface area contributed by atoms with Gasteiger partial charge in [0.15, 0.2) is 0 Å². The number of piperazine rings is 1. The number of hydrogen-bond acceptors (Lipinski definition) is 3. The maximum absolute atomic E-state index is 13.5. The van der Waals surface area contributed by atoms with Crippen LogP contribution >= 0.6 is 28.3 Å². The molecule has 0 amide bonds. The predicted molar refractivity (Wildman–Crippen MR) is 90.6 cm³/mol. The van der Waals surface area contributed by atoms with Crippen molar-refractivity contribution < 1.29 is 4.39 Å². The molecule has 1 atom stereocenters. The summed E-state index contributed by atoms with van der Waals surface area (Å²) in [6.07, 6.45) is 1.81. The second kappa shape index (κ2) is 7.55. The first kappa shape index (κ1) is 17.4. The number of nitrogens with zero attached hydrogens (tertiary/aromatic N) is 3. The van der Waals surface area contributed by atoms with Gasteiger partial charge in [-0.2, -0.15) is 5.10 Å². The first-order valence-electron chi connectivity index (χ1n) is 7.02. The zero-order valence-corrected chi connectivity index (χ0v) is 14.7. The molecule has 0 radical (unpaired) electrons. The summed E-state index contributed by atoms with van der Waals surface area (Å²) >= 11 is 3.55. The lowest BCUT2D eigenvalue weighted by atomic mass is 10.0. The Morgan fingerprint density at radius 2 is 2.27 bits per heavy atom. The van der Waals surface area contributed by atoms with Crippen LogP contribution in [0.15, 0.2) is 34.9 Å². The maximum Gasteiger partial charge on any atom is 0.123 e. The lowest BCUT2D eigenvalue weighted by molar-refractivity contribution is 0.149. The van der Waals surface area contributed by atoms with E-state index in [4.69, 9.17) is 0 Å². The number of hydrogen-bond donors (Lipinski definition) is 1. The summed E-state index contributed by atoms with van der Waals surface area (Å²) in [6, 6.07) is 7.06. The van der Waals surface area contributed by atoms with Crippen LogP contribution in [0.5, 0.6) is 0 Å². The number of aromatic nitrogens is 2. The third kappa shape index (κ3) is 3.68. The molecule has 120 valence electrons. The first-order chi connectivity index (χ1) is 10.1. The van der Waals surface area contributed by atoms with Crippen LogP contribution in [-0.2, 0) is 13.6 Å². The molecule has 1 N–H and O–H groups in total. The van der Waals surface area contributed by atoms with E-state index in [0.29, 0.717) is 0 Å². The smallest absolute Gasteiger partial charge is 0.123 e. The highest BCUT2D eigenvalue weighted by atomic mass is 79.9. The Kier molecular flexibility index (Phi) is 5.97. The summed E-state index contributed by atoms with van der Waals surface area (Å²) in [6.45, 7) is 3.50. The van der Waals surface area contributed by atoms with Crippen LogP contribution in [0.25, 0.3) is 0 Å². The van der Waals surface area contributed by atoms with E-state index in [1.807, 2.05) is 24.0 Å². The minimum absolute atomic E-state index is 0. The Labute approximate surface area is 144 Å². The van der Waals surface area contributed by atoms with Crippen molar-refractivity contribution in [2.75, 3.05) is 19.6 Å². The molecule has 4 nitrogen and oxygen atoms in total. The quantitative estimate of drug-likeness (QED) is 0.876. The van der Waals surface area contributed by atoms with Crippen molar-refractivity contribution in [1.82, 2.24) is 20.0 Å². The Bertz CT molecular complexity index is 614. The van der Waals surface area contributed by atoms with Crippen molar-refractivity contribution in [2.45, 2.75) is 12.6 Å². The molecule has 1 aliphatic rings. The van der Waals surface area contributed by atoms with Gasteiger partial charge in [-0.1, -0.05) is 12.1 Å². The van der Waals surface area contributed by atoms with Gasteiger partial charge in [-0.05, 0) is 33.6 Å². The van der Waals surface area contributed by atoms with Gasteiger partial charge >= 0.3 is 0 Å². The number of aryl methyl sites for hydroxylation is 1. The number of benzene rings is 1. The Morgan fingerprint density at radius 3 is 2.95 bits per heavy atom. The molecule has 1 aromatic heterocycles. The second-order valence-electron chi connectivity index (χ2n) is 5.31. The van der Waals surface area contributed by atoms with Gasteiger partial charge in [0, 0.05) is 39.3 Å². The third-order valence-corrected chi connectivity index (χ3v) is 4.61. The number of rotatable bonds is 3. The lowest BCUT2D eigenvalue weighted by Gasteiger charge is -2.36.